The first-order valence-corrected chi connectivity index (χ1v) is 9.11. The summed E-state index contributed by atoms with van der Waals surface area (Å²) in [4.78, 5) is 31.0. The molecule has 0 spiro atoms. The van der Waals surface area contributed by atoms with Gasteiger partial charge in [0.25, 0.3) is 5.91 Å². The summed E-state index contributed by atoms with van der Waals surface area (Å²) < 4.78 is 6.99. The maximum atomic E-state index is 12.9. The molecule has 1 N–H and O–H groups in total. The molecule has 0 aliphatic carbocycles. The van der Waals surface area contributed by atoms with E-state index in [1.807, 2.05) is 64.3 Å². The van der Waals surface area contributed by atoms with Gasteiger partial charge in [-0.05, 0) is 27.2 Å². The Labute approximate surface area is 159 Å². The van der Waals surface area contributed by atoms with Gasteiger partial charge in [-0.2, -0.15) is 0 Å². The highest BCUT2D eigenvalue weighted by Crippen LogP contribution is 2.23. The molecule has 0 radical (unpaired) electrons. The normalized spacial score (nSPS) is 16.6. The zero-order valence-electron chi connectivity index (χ0n) is 16.2. The molecule has 1 fully saturated rings. The van der Waals surface area contributed by atoms with Crippen LogP contribution in [0.2, 0.25) is 0 Å². The predicted octanol–water partition coefficient (Wildman–Crippen LogP) is 2.83. The largest absolute Gasteiger partial charge is 0.444 e. The zero-order valence-corrected chi connectivity index (χ0v) is 16.2. The average Bonchev–Trinajstić information content (AvgIpc) is 2.95. The third-order valence-electron chi connectivity index (χ3n) is 4.42. The van der Waals surface area contributed by atoms with Gasteiger partial charge in [0.2, 0.25) is 0 Å². The molecule has 1 aliphatic heterocycles. The van der Waals surface area contributed by atoms with E-state index in [1.165, 1.54) is 0 Å². The first kappa shape index (κ1) is 18.9. The Hall–Kier alpha value is -2.83. The molecule has 7 nitrogen and oxygen atoms in total. The first-order valence-electron chi connectivity index (χ1n) is 9.11. The summed E-state index contributed by atoms with van der Waals surface area (Å²) in [7, 11) is 1.82. The van der Waals surface area contributed by atoms with Crippen LogP contribution in [0.4, 0.5) is 4.79 Å². The molecule has 0 saturated carbocycles. The van der Waals surface area contributed by atoms with Crippen LogP contribution in [0.1, 0.15) is 37.8 Å². The van der Waals surface area contributed by atoms with Gasteiger partial charge in [-0.1, -0.05) is 30.3 Å². The van der Waals surface area contributed by atoms with Crippen LogP contribution in [0.15, 0.2) is 36.5 Å². The van der Waals surface area contributed by atoms with E-state index in [9.17, 15) is 9.59 Å². The molecule has 1 atom stereocenters. The van der Waals surface area contributed by atoms with Crippen molar-refractivity contribution in [2.45, 2.75) is 38.8 Å². The van der Waals surface area contributed by atoms with Gasteiger partial charge in [-0.15, -0.1) is 0 Å². The van der Waals surface area contributed by atoms with Gasteiger partial charge in [0, 0.05) is 31.9 Å². The van der Waals surface area contributed by atoms with Crippen LogP contribution in [0.3, 0.4) is 0 Å². The smallest absolute Gasteiger partial charge is 0.407 e. The van der Waals surface area contributed by atoms with E-state index < -0.39 is 11.7 Å². The highest BCUT2D eigenvalue weighted by atomic mass is 16.6. The van der Waals surface area contributed by atoms with Crippen LogP contribution in [0, 0.1) is 0 Å². The van der Waals surface area contributed by atoms with Gasteiger partial charge in [0.1, 0.15) is 5.60 Å². The van der Waals surface area contributed by atoms with Gasteiger partial charge in [0.05, 0.1) is 11.7 Å². The number of aryl methyl sites for hydroxylation is 1. The van der Waals surface area contributed by atoms with Crippen molar-refractivity contribution in [1.29, 1.82) is 0 Å². The number of carbonyl (C=O) groups excluding carboxylic acids is 2. The number of carbonyl (C=O) groups is 2. The third-order valence-corrected chi connectivity index (χ3v) is 4.42. The predicted molar refractivity (Wildman–Crippen MR) is 102 cm³/mol. The van der Waals surface area contributed by atoms with Gasteiger partial charge < -0.3 is 19.5 Å². The monoisotopic (exact) mass is 370 g/mol. The van der Waals surface area contributed by atoms with E-state index in [4.69, 9.17) is 4.74 Å². The lowest BCUT2D eigenvalue weighted by atomic mass is 10.0. The second-order valence-corrected chi connectivity index (χ2v) is 7.75. The van der Waals surface area contributed by atoms with Crippen molar-refractivity contribution in [2.24, 2.45) is 7.05 Å². The maximum Gasteiger partial charge on any atom is 0.407 e. The van der Waals surface area contributed by atoms with Crippen molar-refractivity contribution in [2.75, 3.05) is 13.1 Å². The number of rotatable bonds is 4. The topological polar surface area (TPSA) is 76.5 Å². The molecule has 7 heteroatoms. The summed E-state index contributed by atoms with van der Waals surface area (Å²) in [5.74, 6) is 0.276. The Bertz CT molecular complexity index is 823. The molecule has 1 aromatic heterocycles. The highest BCUT2D eigenvalue weighted by Gasteiger charge is 2.35. The first-order chi connectivity index (χ1) is 12.7. The SMILES string of the molecule is Cn1cc(-c2ccccc2)nc1C(=O)N1CCC1CNC(=O)OC(C)(C)C. The summed E-state index contributed by atoms with van der Waals surface area (Å²) in [6.45, 7) is 6.48. The minimum Gasteiger partial charge on any atom is -0.444 e. The van der Waals surface area contributed by atoms with E-state index in [-0.39, 0.29) is 11.9 Å². The zero-order chi connectivity index (χ0) is 19.6. The van der Waals surface area contributed by atoms with Crippen molar-refractivity contribution in [1.82, 2.24) is 19.8 Å². The van der Waals surface area contributed by atoms with Crippen LogP contribution in [-0.4, -0.2) is 51.2 Å². The summed E-state index contributed by atoms with van der Waals surface area (Å²) in [6, 6.07) is 9.72. The van der Waals surface area contributed by atoms with Crippen LogP contribution in [0.5, 0.6) is 0 Å². The Morgan fingerprint density at radius 1 is 1.26 bits per heavy atom. The van der Waals surface area contributed by atoms with Crippen LogP contribution in [0.25, 0.3) is 11.3 Å². The van der Waals surface area contributed by atoms with E-state index in [1.54, 1.807) is 9.47 Å². The van der Waals surface area contributed by atoms with Gasteiger partial charge in [-0.25, -0.2) is 9.78 Å². The molecule has 0 bridgehead atoms. The fourth-order valence-corrected chi connectivity index (χ4v) is 2.98. The van der Waals surface area contributed by atoms with E-state index >= 15 is 0 Å². The van der Waals surface area contributed by atoms with Crippen LogP contribution in [-0.2, 0) is 11.8 Å². The summed E-state index contributed by atoms with van der Waals surface area (Å²) in [5, 5.41) is 2.74. The number of aromatic nitrogens is 2. The lowest BCUT2D eigenvalue weighted by Crippen LogP contribution is -2.56. The number of likely N-dealkylation sites (tertiary alicyclic amines) is 1. The quantitative estimate of drug-likeness (QED) is 0.898. The molecule has 3 rings (SSSR count). The second-order valence-electron chi connectivity index (χ2n) is 7.75. The number of amides is 2. The molecule has 27 heavy (non-hydrogen) atoms. The van der Waals surface area contributed by atoms with Crippen molar-refractivity contribution >= 4 is 12.0 Å². The van der Waals surface area contributed by atoms with Crippen LogP contribution >= 0.6 is 0 Å². The number of hydrogen-bond donors (Lipinski definition) is 1. The Morgan fingerprint density at radius 3 is 2.56 bits per heavy atom. The standard InChI is InChI=1S/C20H26N4O3/c1-20(2,3)27-19(26)21-12-15-10-11-24(15)18(25)17-22-16(13-23(17)4)14-8-6-5-7-9-14/h5-9,13,15H,10-12H2,1-4H3,(H,21,26). The Kier molecular flexibility index (Phi) is 5.21. The van der Waals surface area contributed by atoms with Crippen molar-refractivity contribution in [3.05, 3.63) is 42.4 Å². The highest BCUT2D eigenvalue weighted by molar-refractivity contribution is 5.92. The van der Waals surface area contributed by atoms with Crippen molar-refractivity contribution in [3.63, 3.8) is 0 Å². The molecular formula is C20H26N4O3. The lowest BCUT2D eigenvalue weighted by Gasteiger charge is -2.40. The number of imidazole rings is 1. The Balaban J connectivity index is 1.63. The number of hydrogen-bond acceptors (Lipinski definition) is 4. The molecule has 144 valence electrons. The minimum atomic E-state index is -0.542. The Morgan fingerprint density at radius 2 is 1.96 bits per heavy atom. The molecule has 1 aromatic carbocycles. The number of nitrogens with one attached hydrogen (secondary N) is 1. The van der Waals surface area contributed by atoms with E-state index in [0.29, 0.717) is 18.9 Å². The second kappa shape index (κ2) is 7.42. The molecule has 1 aliphatic rings. The molecular weight excluding hydrogens is 344 g/mol. The molecule has 1 unspecified atom stereocenters. The lowest BCUT2D eigenvalue weighted by molar-refractivity contribution is 0.0364. The number of nitrogens with zero attached hydrogens (tertiary/aromatic N) is 3. The summed E-state index contributed by atoms with van der Waals surface area (Å²) in [6.07, 6.45) is 2.23. The maximum absolute atomic E-state index is 12.9. The van der Waals surface area contributed by atoms with Crippen molar-refractivity contribution < 1.29 is 14.3 Å². The van der Waals surface area contributed by atoms with E-state index in [0.717, 1.165) is 17.7 Å². The molecule has 2 heterocycles. The number of benzene rings is 1. The number of ether oxygens (including phenoxy) is 1. The van der Waals surface area contributed by atoms with Crippen molar-refractivity contribution in [3.8, 4) is 11.3 Å². The molecule has 2 aromatic rings. The summed E-state index contributed by atoms with van der Waals surface area (Å²) in [5.41, 5.74) is 1.20. The fraction of sp³-hybridized carbons (Fsp3) is 0.450. The van der Waals surface area contributed by atoms with Gasteiger partial charge in [0.15, 0.2) is 5.82 Å². The summed E-state index contributed by atoms with van der Waals surface area (Å²) >= 11 is 0. The van der Waals surface area contributed by atoms with E-state index in [2.05, 4.69) is 10.3 Å². The average molecular weight is 370 g/mol. The van der Waals surface area contributed by atoms with Crippen LogP contribution < -0.4 is 5.32 Å². The number of alkyl carbamates (subject to hydrolysis) is 1. The third kappa shape index (κ3) is 4.48. The van der Waals surface area contributed by atoms with Gasteiger partial charge in [-0.3, -0.25) is 4.79 Å². The molecule has 2 amide bonds. The molecule has 1 saturated heterocycles. The fourth-order valence-electron chi connectivity index (χ4n) is 2.98. The minimum absolute atomic E-state index is 0.0399. The van der Waals surface area contributed by atoms with Gasteiger partial charge >= 0.3 is 6.09 Å².